The zero-order valence-corrected chi connectivity index (χ0v) is 14.0. The minimum absolute atomic E-state index is 0.0625. The third kappa shape index (κ3) is 3.05. The van der Waals surface area contributed by atoms with Gasteiger partial charge in [0.15, 0.2) is 0 Å². The Labute approximate surface area is 134 Å². The van der Waals surface area contributed by atoms with Crippen molar-refractivity contribution < 1.29 is 18.6 Å². The maximum Gasteiger partial charge on any atom is 0.210 e. The third-order valence-corrected chi connectivity index (χ3v) is 5.43. The molecule has 0 saturated carbocycles. The minimum Gasteiger partial charge on any atom is -0.507 e. The van der Waals surface area contributed by atoms with Gasteiger partial charge in [0.1, 0.15) is 16.4 Å². The summed E-state index contributed by atoms with van der Waals surface area (Å²) in [5.74, 6) is -0.523. The predicted octanol–water partition coefficient (Wildman–Crippen LogP) is 3.88. The molecular formula is C16H17ClO4S. The quantitative estimate of drug-likeness (QED) is 0.870. The second-order valence-corrected chi connectivity index (χ2v) is 8.37. The van der Waals surface area contributed by atoms with Crippen LogP contribution in [-0.2, 0) is 15.3 Å². The SMILES string of the molecule is CC(C)(C)c1ccc(O)c(S(=O)(=O)c2ccc(O)c(Cl)c2)c1. The molecule has 2 rings (SSSR count). The predicted molar refractivity (Wildman–Crippen MR) is 85.4 cm³/mol. The highest BCUT2D eigenvalue weighted by Crippen LogP contribution is 2.35. The molecule has 4 nitrogen and oxygen atoms in total. The highest BCUT2D eigenvalue weighted by Gasteiger charge is 2.25. The van der Waals surface area contributed by atoms with Gasteiger partial charge >= 0.3 is 0 Å². The first-order chi connectivity index (χ1) is 10.0. The van der Waals surface area contributed by atoms with E-state index in [1.54, 1.807) is 6.07 Å². The Morgan fingerprint density at radius 2 is 1.55 bits per heavy atom. The van der Waals surface area contributed by atoms with E-state index in [1.165, 1.54) is 24.3 Å². The first kappa shape index (κ1) is 16.6. The van der Waals surface area contributed by atoms with Gasteiger partial charge in [-0.2, -0.15) is 0 Å². The van der Waals surface area contributed by atoms with Crippen LogP contribution >= 0.6 is 11.6 Å². The molecule has 0 amide bonds. The summed E-state index contributed by atoms with van der Waals surface area (Å²) < 4.78 is 25.4. The summed E-state index contributed by atoms with van der Waals surface area (Å²) in [4.78, 5) is -0.265. The molecule has 0 unspecified atom stereocenters. The maximum absolute atomic E-state index is 12.7. The number of sulfone groups is 1. The Bertz CT molecular complexity index is 821. The molecule has 22 heavy (non-hydrogen) atoms. The summed E-state index contributed by atoms with van der Waals surface area (Å²) >= 11 is 5.77. The second-order valence-electron chi connectivity index (χ2n) is 6.05. The zero-order chi connectivity index (χ0) is 16.7. The summed E-state index contributed by atoms with van der Waals surface area (Å²) in [5.41, 5.74) is 0.527. The lowest BCUT2D eigenvalue weighted by Crippen LogP contribution is -2.12. The second kappa shape index (κ2) is 5.48. The van der Waals surface area contributed by atoms with E-state index in [2.05, 4.69) is 0 Å². The van der Waals surface area contributed by atoms with Crippen molar-refractivity contribution in [2.45, 2.75) is 36.0 Å². The molecule has 0 aromatic heterocycles. The normalized spacial score (nSPS) is 12.4. The van der Waals surface area contributed by atoms with Crippen LogP contribution in [-0.4, -0.2) is 18.6 Å². The number of benzene rings is 2. The summed E-state index contributed by atoms with van der Waals surface area (Å²) in [7, 11) is -3.94. The van der Waals surface area contributed by atoms with Crippen LogP contribution in [0.1, 0.15) is 26.3 Å². The molecule has 0 saturated heterocycles. The molecule has 0 bridgehead atoms. The number of rotatable bonds is 2. The summed E-state index contributed by atoms with van der Waals surface area (Å²) in [6, 6.07) is 8.15. The monoisotopic (exact) mass is 340 g/mol. The van der Waals surface area contributed by atoms with Gasteiger partial charge in [-0.25, -0.2) is 8.42 Å². The van der Waals surface area contributed by atoms with Gasteiger partial charge in [0.25, 0.3) is 0 Å². The largest absolute Gasteiger partial charge is 0.507 e. The molecule has 0 radical (unpaired) electrons. The van der Waals surface area contributed by atoms with Crippen LogP contribution in [0, 0.1) is 0 Å². The van der Waals surface area contributed by atoms with Crippen molar-refractivity contribution in [3.05, 3.63) is 47.0 Å². The van der Waals surface area contributed by atoms with E-state index in [9.17, 15) is 18.6 Å². The minimum atomic E-state index is -3.94. The number of halogens is 1. The lowest BCUT2D eigenvalue weighted by molar-refractivity contribution is 0.457. The van der Waals surface area contributed by atoms with Gasteiger partial charge in [0.05, 0.1) is 9.92 Å². The van der Waals surface area contributed by atoms with Crippen molar-refractivity contribution in [3.8, 4) is 11.5 Å². The van der Waals surface area contributed by atoms with Gasteiger partial charge < -0.3 is 10.2 Å². The summed E-state index contributed by atoms with van der Waals surface area (Å²) in [5, 5.41) is 19.3. The molecule has 0 aliphatic rings. The van der Waals surface area contributed by atoms with Crippen LogP contribution in [0.2, 0.25) is 5.02 Å². The standard InChI is InChI=1S/C16H17ClO4S/c1-16(2,3)10-4-6-14(19)15(8-10)22(20,21)11-5-7-13(18)12(17)9-11/h4-9,18-19H,1-3H3. The van der Waals surface area contributed by atoms with Crippen molar-refractivity contribution >= 4 is 21.4 Å². The third-order valence-electron chi connectivity index (χ3n) is 3.34. The van der Waals surface area contributed by atoms with Gasteiger partial charge in [0.2, 0.25) is 9.84 Å². The van der Waals surface area contributed by atoms with E-state index >= 15 is 0 Å². The van der Waals surface area contributed by atoms with Crippen molar-refractivity contribution in [1.82, 2.24) is 0 Å². The van der Waals surface area contributed by atoms with Crippen LogP contribution in [0.4, 0.5) is 0 Å². The van der Waals surface area contributed by atoms with Crippen molar-refractivity contribution in [2.75, 3.05) is 0 Å². The van der Waals surface area contributed by atoms with Crippen molar-refractivity contribution in [3.63, 3.8) is 0 Å². The molecular weight excluding hydrogens is 324 g/mol. The van der Waals surface area contributed by atoms with Gasteiger partial charge in [0, 0.05) is 0 Å². The molecule has 2 aromatic rings. The fraction of sp³-hybridized carbons (Fsp3) is 0.250. The number of phenols is 2. The van der Waals surface area contributed by atoms with E-state index in [0.29, 0.717) is 0 Å². The Balaban J connectivity index is 2.65. The molecule has 2 N–H and O–H groups in total. The Hall–Kier alpha value is -1.72. The lowest BCUT2D eigenvalue weighted by atomic mass is 9.87. The van der Waals surface area contributed by atoms with E-state index < -0.39 is 9.84 Å². The maximum atomic E-state index is 12.7. The number of hydrogen-bond donors (Lipinski definition) is 2. The number of hydrogen-bond acceptors (Lipinski definition) is 4. The molecule has 2 aromatic carbocycles. The van der Waals surface area contributed by atoms with Crippen LogP contribution in [0.15, 0.2) is 46.2 Å². The van der Waals surface area contributed by atoms with Crippen molar-refractivity contribution in [1.29, 1.82) is 0 Å². The Morgan fingerprint density at radius 1 is 0.955 bits per heavy atom. The van der Waals surface area contributed by atoms with E-state index in [4.69, 9.17) is 11.6 Å². The molecule has 6 heteroatoms. The summed E-state index contributed by atoms with van der Waals surface area (Å²) in [6.45, 7) is 5.85. The smallest absolute Gasteiger partial charge is 0.210 e. The zero-order valence-electron chi connectivity index (χ0n) is 12.5. The Kier molecular flexibility index (Phi) is 4.15. The van der Waals surface area contributed by atoms with Gasteiger partial charge in [-0.05, 0) is 41.3 Å². The average Bonchev–Trinajstić information content (AvgIpc) is 2.40. The van der Waals surface area contributed by atoms with Crippen LogP contribution in [0.5, 0.6) is 11.5 Å². The van der Waals surface area contributed by atoms with Crippen molar-refractivity contribution in [2.24, 2.45) is 0 Å². The fourth-order valence-corrected chi connectivity index (χ4v) is 3.62. The van der Waals surface area contributed by atoms with Crippen LogP contribution in [0.25, 0.3) is 0 Å². The molecule has 0 fully saturated rings. The van der Waals surface area contributed by atoms with Gasteiger partial charge in [-0.1, -0.05) is 38.4 Å². The van der Waals surface area contributed by atoms with Crippen LogP contribution < -0.4 is 0 Å². The molecule has 0 spiro atoms. The number of phenolic OH excluding ortho intramolecular Hbond substituents is 2. The molecule has 0 aliphatic carbocycles. The topological polar surface area (TPSA) is 74.6 Å². The van der Waals surface area contributed by atoms with Gasteiger partial charge in [-0.3, -0.25) is 0 Å². The fourth-order valence-electron chi connectivity index (χ4n) is 1.98. The Morgan fingerprint density at radius 3 is 2.09 bits per heavy atom. The van der Waals surface area contributed by atoms with E-state index in [0.717, 1.165) is 11.6 Å². The van der Waals surface area contributed by atoms with E-state index in [-0.39, 0.29) is 31.7 Å². The van der Waals surface area contributed by atoms with Crippen LogP contribution in [0.3, 0.4) is 0 Å². The highest BCUT2D eigenvalue weighted by molar-refractivity contribution is 7.91. The summed E-state index contributed by atoms with van der Waals surface area (Å²) in [6.07, 6.45) is 0. The molecule has 0 atom stereocenters. The lowest BCUT2D eigenvalue weighted by Gasteiger charge is -2.20. The number of aromatic hydroxyl groups is 2. The molecule has 0 heterocycles. The molecule has 118 valence electrons. The van der Waals surface area contributed by atoms with E-state index in [1.807, 2.05) is 20.8 Å². The van der Waals surface area contributed by atoms with Gasteiger partial charge in [-0.15, -0.1) is 0 Å². The average molecular weight is 341 g/mol. The highest BCUT2D eigenvalue weighted by atomic mass is 35.5. The first-order valence-corrected chi connectivity index (χ1v) is 8.46. The first-order valence-electron chi connectivity index (χ1n) is 6.60. The molecule has 0 aliphatic heterocycles.